The molecule has 0 spiro atoms. The van der Waals surface area contributed by atoms with Gasteiger partial charge in [0.15, 0.2) is 9.84 Å². The van der Waals surface area contributed by atoms with Gasteiger partial charge in [0.1, 0.15) is 5.69 Å². The van der Waals surface area contributed by atoms with Crippen molar-refractivity contribution in [2.75, 3.05) is 0 Å². The molecule has 0 aliphatic heterocycles. The Bertz CT molecular complexity index is 1430. The van der Waals surface area contributed by atoms with E-state index in [1.807, 2.05) is 31.2 Å². The predicted molar refractivity (Wildman–Crippen MR) is 129 cm³/mol. The van der Waals surface area contributed by atoms with Crippen molar-refractivity contribution in [2.45, 2.75) is 30.9 Å². The molecule has 0 atom stereocenters. The molecule has 162 valence electrons. The summed E-state index contributed by atoms with van der Waals surface area (Å²) in [7, 11) is -3.31. The highest BCUT2D eigenvalue weighted by Gasteiger charge is 2.19. The van der Waals surface area contributed by atoms with Crippen molar-refractivity contribution in [1.29, 1.82) is 0 Å². The molecule has 3 aromatic carbocycles. The third kappa shape index (κ3) is 4.54. The molecular formula is C26H25N3O2S. The van der Waals surface area contributed by atoms with Gasteiger partial charge in [0.25, 0.3) is 0 Å². The monoisotopic (exact) mass is 443 g/mol. The van der Waals surface area contributed by atoms with Crippen LogP contribution in [0.3, 0.4) is 0 Å². The lowest BCUT2D eigenvalue weighted by Crippen LogP contribution is -2.13. The lowest BCUT2D eigenvalue weighted by Gasteiger charge is -2.09. The van der Waals surface area contributed by atoms with Crippen LogP contribution in [0.15, 0.2) is 77.8 Å². The van der Waals surface area contributed by atoms with Gasteiger partial charge in [0.2, 0.25) is 0 Å². The first-order valence-electron chi connectivity index (χ1n) is 10.0. The summed E-state index contributed by atoms with van der Waals surface area (Å²) >= 11 is 0. The first-order chi connectivity index (χ1) is 14.9. The average Bonchev–Trinajstić information content (AvgIpc) is 2.78. The molecule has 0 saturated carbocycles. The Kier molecular flexibility index (Phi) is 6.73. The van der Waals surface area contributed by atoms with Crippen LogP contribution in [0.25, 0.3) is 22.0 Å². The van der Waals surface area contributed by atoms with E-state index in [0.29, 0.717) is 16.3 Å². The number of sulfone groups is 1. The van der Waals surface area contributed by atoms with Crippen molar-refractivity contribution < 1.29 is 8.42 Å². The molecule has 4 aromatic rings. The Morgan fingerprint density at radius 3 is 2.28 bits per heavy atom. The summed E-state index contributed by atoms with van der Waals surface area (Å²) in [4.78, 5) is 9.43. The quantitative estimate of drug-likeness (QED) is 0.431. The minimum absolute atomic E-state index is 0. The Labute approximate surface area is 189 Å². The van der Waals surface area contributed by atoms with Crippen molar-refractivity contribution in [3.05, 3.63) is 89.9 Å². The number of nitrogens with zero attached hydrogens (tertiary/aromatic N) is 2. The SMILES string of the molecule is Cc1ncc(-c2ccc(S(=O)(=O)C(C)C)cc2)nc1C#Cc1cccc2ccccc12.N. The van der Waals surface area contributed by atoms with Crippen LogP contribution in [-0.4, -0.2) is 23.6 Å². The predicted octanol–water partition coefficient (Wildman–Crippen LogP) is 5.35. The highest BCUT2D eigenvalue weighted by Crippen LogP contribution is 2.22. The van der Waals surface area contributed by atoms with Gasteiger partial charge in [0, 0.05) is 11.1 Å². The average molecular weight is 444 g/mol. The Balaban J connectivity index is 0.00000289. The summed E-state index contributed by atoms with van der Waals surface area (Å²) in [5.74, 6) is 6.40. The van der Waals surface area contributed by atoms with Crippen LogP contribution < -0.4 is 6.15 Å². The van der Waals surface area contributed by atoms with Gasteiger partial charge >= 0.3 is 0 Å². The van der Waals surface area contributed by atoms with Gasteiger partial charge < -0.3 is 6.15 Å². The van der Waals surface area contributed by atoms with E-state index in [2.05, 4.69) is 40.0 Å². The van der Waals surface area contributed by atoms with E-state index in [1.54, 1.807) is 44.3 Å². The van der Waals surface area contributed by atoms with Crippen LogP contribution in [0.4, 0.5) is 0 Å². The second-order valence-corrected chi connectivity index (χ2v) is 10.1. The molecule has 0 bridgehead atoms. The number of aryl methyl sites for hydroxylation is 1. The highest BCUT2D eigenvalue weighted by molar-refractivity contribution is 7.92. The molecule has 0 unspecified atom stereocenters. The molecule has 6 heteroatoms. The lowest BCUT2D eigenvalue weighted by atomic mass is 10.0. The van der Waals surface area contributed by atoms with Gasteiger partial charge in [-0.15, -0.1) is 0 Å². The fourth-order valence-corrected chi connectivity index (χ4v) is 4.32. The number of rotatable bonds is 3. The molecule has 0 aliphatic carbocycles. The minimum Gasteiger partial charge on any atom is -0.344 e. The van der Waals surface area contributed by atoms with Crippen LogP contribution in [-0.2, 0) is 9.84 Å². The summed E-state index contributed by atoms with van der Waals surface area (Å²) in [5, 5.41) is 1.77. The molecule has 4 rings (SSSR count). The summed E-state index contributed by atoms with van der Waals surface area (Å²) in [6, 6.07) is 20.9. The summed E-state index contributed by atoms with van der Waals surface area (Å²) in [6.07, 6.45) is 1.68. The van der Waals surface area contributed by atoms with E-state index in [-0.39, 0.29) is 6.15 Å². The zero-order valence-electron chi connectivity index (χ0n) is 18.3. The number of fused-ring (bicyclic) bond motifs is 1. The number of hydrogen-bond donors (Lipinski definition) is 1. The normalized spacial score (nSPS) is 11.0. The largest absolute Gasteiger partial charge is 0.344 e. The van der Waals surface area contributed by atoms with Crippen LogP contribution in [0.5, 0.6) is 0 Å². The van der Waals surface area contributed by atoms with Crippen molar-refractivity contribution in [2.24, 2.45) is 0 Å². The molecule has 0 amide bonds. The van der Waals surface area contributed by atoms with Crippen molar-refractivity contribution >= 4 is 20.6 Å². The lowest BCUT2D eigenvalue weighted by molar-refractivity contribution is 0.587. The number of benzene rings is 3. The van der Waals surface area contributed by atoms with E-state index in [4.69, 9.17) is 0 Å². The molecule has 3 N–H and O–H groups in total. The van der Waals surface area contributed by atoms with E-state index in [0.717, 1.165) is 27.6 Å². The zero-order chi connectivity index (χ0) is 22.0. The van der Waals surface area contributed by atoms with Gasteiger partial charge in [-0.2, -0.15) is 0 Å². The van der Waals surface area contributed by atoms with E-state index >= 15 is 0 Å². The number of aromatic nitrogens is 2. The third-order valence-corrected chi connectivity index (χ3v) is 7.33. The van der Waals surface area contributed by atoms with Crippen LogP contribution in [0.2, 0.25) is 0 Å². The second kappa shape index (κ2) is 9.31. The molecule has 0 saturated heterocycles. The van der Waals surface area contributed by atoms with Gasteiger partial charge in [-0.3, -0.25) is 4.98 Å². The van der Waals surface area contributed by atoms with Gasteiger partial charge in [0.05, 0.1) is 27.7 Å². The van der Waals surface area contributed by atoms with Crippen molar-refractivity contribution in [1.82, 2.24) is 16.1 Å². The standard InChI is InChI=1S/C26H22N2O2S.H3N/c1-18(2)31(29,30)23-14-11-22(12-15-23)26-17-27-19(3)25(28-26)16-13-21-9-6-8-20-7-4-5-10-24(20)21;/h4-12,14-15,17-18H,1-3H3;1H3. The molecule has 1 heterocycles. The summed E-state index contributed by atoms with van der Waals surface area (Å²) < 4.78 is 24.7. The fourth-order valence-electron chi connectivity index (χ4n) is 3.26. The smallest absolute Gasteiger partial charge is 0.180 e. The fraction of sp³-hybridized carbons (Fsp3) is 0.154. The Hall–Kier alpha value is -3.53. The highest BCUT2D eigenvalue weighted by atomic mass is 32.2. The third-order valence-electron chi connectivity index (χ3n) is 5.16. The van der Waals surface area contributed by atoms with E-state index in [9.17, 15) is 8.42 Å². The van der Waals surface area contributed by atoms with Gasteiger partial charge in [-0.1, -0.05) is 54.5 Å². The van der Waals surface area contributed by atoms with Crippen molar-refractivity contribution in [3.63, 3.8) is 0 Å². The first kappa shape index (κ1) is 23.1. The Morgan fingerprint density at radius 2 is 1.56 bits per heavy atom. The maximum atomic E-state index is 12.3. The minimum atomic E-state index is -3.31. The maximum absolute atomic E-state index is 12.3. The van der Waals surface area contributed by atoms with Gasteiger partial charge in [-0.25, -0.2) is 13.4 Å². The van der Waals surface area contributed by atoms with Crippen molar-refractivity contribution in [3.8, 4) is 23.1 Å². The summed E-state index contributed by atoms with van der Waals surface area (Å²) in [6.45, 7) is 5.23. The summed E-state index contributed by atoms with van der Waals surface area (Å²) in [5.41, 5.74) is 3.73. The Morgan fingerprint density at radius 1 is 0.875 bits per heavy atom. The molecule has 32 heavy (non-hydrogen) atoms. The molecule has 5 nitrogen and oxygen atoms in total. The second-order valence-electron chi connectivity index (χ2n) is 7.58. The molecule has 0 aliphatic rings. The topological polar surface area (TPSA) is 94.9 Å². The maximum Gasteiger partial charge on any atom is 0.180 e. The zero-order valence-corrected chi connectivity index (χ0v) is 19.1. The van der Waals surface area contributed by atoms with Gasteiger partial charge in [-0.05, 0) is 55.7 Å². The van der Waals surface area contributed by atoms with Crippen LogP contribution in [0, 0.1) is 18.8 Å². The van der Waals surface area contributed by atoms with Crippen LogP contribution in [0.1, 0.15) is 30.8 Å². The number of hydrogen-bond acceptors (Lipinski definition) is 5. The molecule has 0 radical (unpaired) electrons. The first-order valence-corrected chi connectivity index (χ1v) is 11.6. The molecule has 1 aromatic heterocycles. The van der Waals surface area contributed by atoms with E-state index in [1.165, 1.54) is 0 Å². The van der Waals surface area contributed by atoms with Crippen LogP contribution >= 0.6 is 0 Å². The molecule has 0 fully saturated rings. The molecular weight excluding hydrogens is 418 g/mol. The van der Waals surface area contributed by atoms with E-state index < -0.39 is 15.1 Å².